The number of nitrogen functional groups attached to an aromatic ring is 1. The van der Waals surface area contributed by atoms with E-state index in [0.717, 1.165) is 5.56 Å². The molecule has 1 aromatic carbocycles. The van der Waals surface area contributed by atoms with E-state index in [-0.39, 0.29) is 5.56 Å². The molecular weight excluding hydrogens is 294 g/mol. The van der Waals surface area contributed by atoms with Gasteiger partial charge >= 0.3 is 0 Å². The summed E-state index contributed by atoms with van der Waals surface area (Å²) in [4.78, 5) is 11.9. The molecule has 4 nitrogen and oxygen atoms in total. The molecule has 90 valence electrons. The maximum atomic E-state index is 11.9. The minimum atomic E-state index is -0.131. The molecule has 1 aromatic heterocycles. The first-order chi connectivity index (χ1) is 8.60. The molecule has 1 heterocycles. The number of halogens is 1. The van der Waals surface area contributed by atoms with Gasteiger partial charge in [0.15, 0.2) is 0 Å². The van der Waals surface area contributed by atoms with Crippen molar-refractivity contribution in [1.29, 1.82) is 5.26 Å². The van der Waals surface area contributed by atoms with E-state index >= 15 is 0 Å². The van der Waals surface area contributed by atoms with E-state index in [9.17, 15) is 4.79 Å². The van der Waals surface area contributed by atoms with Crippen molar-refractivity contribution in [3.05, 3.63) is 62.5 Å². The van der Waals surface area contributed by atoms with E-state index < -0.39 is 0 Å². The first-order valence-corrected chi connectivity index (χ1v) is 6.04. The van der Waals surface area contributed by atoms with Crippen molar-refractivity contribution in [3.8, 4) is 6.07 Å². The first-order valence-electron chi connectivity index (χ1n) is 5.24. The van der Waals surface area contributed by atoms with Gasteiger partial charge in [-0.05, 0) is 39.7 Å². The molecule has 0 aliphatic carbocycles. The van der Waals surface area contributed by atoms with Crippen LogP contribution >= 0.6 is 15.9 Å². The SMILES string of the molecule is N#Cc1ccc(Cn2cc(N)cc(Br)c2=O)cc1. The van der Waals surface area contributed by atoms with Crippen molar-refractivity contribution >= 4 is 21.6 Å². The zero-order chi connectivity index (χ0) is 13.1. The molecule has 0 amide bonds. The number of rotatable bonds is 2. The summed E-state index contributed by atoms with van der Waals surface area (Å²) in [7, 11) is 0. The molecule has 2 aromatic rings. The van der Waals surface area contributed by atoms with Gasteiger partial charge in [-0.2, -0.15) is 5.26 Å². The van der Waals surface area contributed by atoms with Crippen LogP contribution in [0.4, 0.5) is 5.69 Å². The minimum absolute atomic E-state index is 0.131. The van der Waals surface area contributed by atoms with Gasteiger partial charge in [0.05, 0.1) is 22.7 Å². The average molecular weight is 304 g/mol. The molecule has 0 saturated carbocycles. The third-order valence-corrected chi connectivity index (χ3v) is 3.07. The number of benzene rings is 1. The number of nitrogens with zero attached hydrogens (tertiary/aromatic N) is 2. The predicted octanol–water partition coefficient (Wildman–Crippen LogP) is 2.11. The van der Waals surface area contributed by atoms with E-state index in [0.29, 0.717) is 22.3 Å². The summed E-state index contributed by atoms with van der Waals surface area (Å²) in [5.41, 5.74) is 7.62. The highest BCUT2D eigenvalue weighted by molar-refractivity contribution is 9.10. The van der Waals surface area contributed by atoms with Crippen LogP contribution in [0.15, 0.2) is 45.8 Å². The number of anilines is 1. The van der Waals surface area contributed by atoms with Gasteiger partial charge in [0, 0.05) is 11.9 Å². The topological polar surface area (TPSA) is 71.8 Å². The Bertz CT molecular complexity index is 668. The maximum absolute atomic E-state index is 11.9. The predicted molar refractivity (Wildman–Crippen MR) is 73.1 cm³/mol. The molecule has 0 bridgehead atoms. The van der Waals surface area contributed by atoms with E-state index in [4.69, 9.17) is 11.0 Å². The Morgan fingerprint density at radius 1 is 1.33 bits per heavy atom. The summed E-state index contributed by atoms with van der Waals surface area (Å²) in [5.74, 6) is 0. The molecule has 18 heavy (non-hydrogen) atoms. The molecule has 0 saturated heterocycles. The monoisotopic (exact) mass is 303 g/mol. The summed E-state index contributed by atoms with van der Waals surface area (Å²) >= 11 is 3.18. The van der Waals surface area contributed by atoms with Crippen molar-refractivity contribution in [3.63, 3.8) is 0 Å². The lowest BCUT2D eigenvalue weighted by atomic mass is 10.1. The van der Waals surface area contributed by atoms with Gasteiger partial charge in [0.1, 0.15) is 0 Å². The van der Waals surface area contributed by atoms with E-state index in [1.54, 1.807) is 24.4 Å². The Labute approximate surface area is 112 Å². The van der Waals surface area contributed by atoms with Gasteiger partial charge in [-0.25, -0.2) is 0 Å². The van der Waals surface area contributed by atoms with Gasteiger partial charge in [-0.1, -0.05) is 12.1 Å². The highest BCUT2D eigenvalue weighted by Crippen LogP contribution is 2.10. The molecular formula is C13H10BrN3O. The van der Waals surface area contributed by atoms with Crippen molar-refractivity contribution in [1.82, 2.24) is 4.57 Å². The number of nitriles is 1. The van der Waals surface area contributed by atoms with Crippen molar-refractivity contribution in [2.75, 3.05) is 5.73 Å². The number of nitrogens with two attached hydrogens (primary N) is 1. The maximum Gasteiger partial charge on any atom is 0.265 e. The quantitative estimate of drug-likeness (QED) is 0.923. The van der Waals surface area contributed by atoms with Crippen LogP contribution < -0.4 is 11.3 Å². The summed E-state index contributed by atoms with van der Waals surface area (Å²) in [6.45, 7) is 0.425. The lowest BCUT2D eigenvalue weighted by Crippen LogP contribution is -2.21. The van der Waals surface area contributed by atoms with Gasteiger partial charge in [0.25, 0.3) is 5.56 Å². The normalized spacial score (nSPS) is 10.0. The van der Waals surface area contributed by atoms with Crippen LogP contribution in [0.5, 0.6) is 0 Å². The van der Waals surface area contributed by atoms with Crippen LogP contribution in [-0.2, 0) is 6.54 Å². The van der Waals surface area contributed by atoms with E-state index in [1.807, 2.05) is 12.1 Å². The summed E-state index contributed by atoms with van der Waals surface area (Å²) < 4.78 is 1.97. The van der Waals surface area contributed by atoms with Gasteiger partial charge < -0.3 is 10.3 Å². The van der Waals surface area contributed by atoms with Crippen LogP contribution in [-0.4, -0.2) is 4.57 Å². The molecule has 0 aliphatic rings. The smallest absolute Gasteiger partial charge is 0.265 e. The van der Waals surface area contributed by atoms with Crippen molar-refractivity contribution < 1.29 is 0 Å². The second-order valence-electron chi connectivity index (χ2n) is 3.86. The minimum Gasteiger partial charge on any atom is -0.398 e. The lowest BCUT2D eigenvalue weighted by Gasteiger charge is -2.07. The summed E-state index contributed by atoms with van der Waals surface area (Å²) in [6.07, 6.45) is 1.60. The van der Waals surface area contributed by atoms with Gasteiger partial charge in [0.2, 0.25) is 0 Å². The molecule has 0 radical (unpaired) electrons. The summed E-state index contributed by atoms with van der Waals surface area (Å²) in [5, 5.41) is 8.71. The number of hydrogen-bond acceptors (Lipinski definition) is 3. The fraction of sp³-hybridized carbons (Fsp3) is 0.0769. The van der Waals surface area contributed by atoms with Crippen molar-refractivity contribution in [2.24, 2.45) is 0 Å². The van der Waals surface area contributed by atoms with Crippen LogP contribution in [0, 0.1) is 11.3 Å². The van der Waals surface area contributed by atoms with Crippen LogP contribution in [0.2, 0.25) is 0 Å². The Hall–Kier alpha value is -2.06. The zero-order valence-corrected chi connectivity index (χ0v) is 11.0. The Balaban J connectivity index is 2.34. The largest absolute Gasteiger partial charge is 0.398 e. The Kier molecular flexibility index (Phi) is 3.49. The highest BCUT2D eigenvalue weighted by atomic mass is 79.9. The third kappa shape index (κ3) is 2.60. The molecule has 5 heteroatoms. The molecule has 0 aliphatic heterocycles. The molecule has 0 spiro atoms. The molecule has 2 N–H and O–H groups in total. The van der Waals surface area contributed by atoms with Crippen LogP contribution in [0.3, 0.4) is 0 Å². The number of hydrogen-bond donors (Lipinski definition) is 1. The third-order valence-electron chi connectivity index (χ3n) is 2.50. The molecule has 0 fully saturated rings. The second kappa shape index (κ2) is 5.07. The molecule has 0 atom stereocenters. The zero-order valence-electron chi connectivity index (χ0n) is 9.43. The van der Waals surface area contributed by atoms with Crippen LogP contribution in [0.1, 0.15) is 11.1 Å². The van der Waals surface area contributed by atoms with Gasteiger partial charge in [-0.3, -0.25) is 4.79 Å². The lowest BCUT2D eigenvalue weighted by molar-refractivity contribution is 0.757. The molecule has 0 unspecified atom stereocenters. The fourth-order valence-corrected chi connectivity index (χ4v) is 2.11. The molecule has 2 rings (SSSR count). The Morgan fingerprint density at radius 3 is 2.61 bits per heavy atom. The van der Waals surface area contributed by atoms with Crippen LogP contribution in [0.25, 0.3) is 0 Å². The fourth-order valence-electron chi connectivity index (χ4n) is 1.62. The van der Waals surface area contributed by atoms with E-state index in [2.05, 4.69) is 22.0 Å². The summed E-state index contributed by atoms with van der Waals surface area (Å²) in [6, 6.07) is 10.7. The highest BCUT2D eigenvalue weighted by Gasteiger charge is 2.03. The van der Waals surface area contributed by atoms with Gasteiger partial charge in [-0.15, -0.1) is 0 Å². The Morgan fingerprint density at radius 2 is 2.00 bits per heavy atom. The number of aromatic nitrogens is 1. The van der Waals surface area contributed by atoms with E-state index in [1.165, 1.54) is 4.57 Å². The average Bonchev–Trinajstić information content (AvgIpc) is 2.36. The number of pyridine rings is 1. The first kappa shape index (κ1) is 12.4. The second-order valence-corrected chi connectivity index (χ2v) is 4.72. The standard InChI is InChI=1S/C13H10BrN3O/c14-12-5-11(16)8-17(13(12)18)7-10-3-1-9(6-15)2-4-10/h1-5,8H,7,16H2. The van der Waals surface area contributed by atoms with Crippen molar-refractivity contribution in [2.45, 2.75) is 6.54 Å².